The fourth-order valence-electron chi connectivity index (χ4n) is 9.41. The summed E-state index contributed by atoms with van der Waals surface area (Å²) in [5.74, 6) is 0. The summed E-state index contributed by atoms with van der Waals surface area (Å²) < 4.78 is 0. The van der Waals surface area contributed by atoms with Crippen LogP contribution in [-0.4, -0.2) is 7.28 Å². The SMILES string of the molecule is CCCCCc1cc(-c2ccc(-c3ccccc3)cc2Nc2ccc(-c3ccccc3)cc2)c2c(c1)N1c3cc4ccccc4cc3C(C)(C)c3cccc(c31)B2. The molecule has 0 spiro atoms. The molecular formula is C54H47BN2. The predicted molar refractivity (Wildman–Crippen MR) is 246 cm³/mol. The van der Waals surface area contributed by atoms with Gasteiger partial charge in [0.2, 0.25) is 0 Å². The standard InChI is InChI=1S/C54H47BN2/c1-4-5-8-16-36-31-45(44-30-27-42(38-19-11-7-12-20-38)34-49(44)56-43-28-25-39(26-29-43)37-17-9-6-10-18-37)52-51(32-36)57-50-35-41-22-14-13-21-40(41)33-47(50)54(2,3)46-23-15-24-48(55-52)53(46)57/h6-7,9-15,17-35,55-56H,4-5,8,16H2,1-3H3. The Morgan fingerprint density at radius 3 is 1.95 bits per heavy atom. The Bertz CT molecular complexity index is 2770. The van der Waals surface area contributed by atoms with Crippen LogP contribution in [0.3, 0.4) is 0 Å². The van der Waals surface area contributed by atoms with Crippen molar-refractivity contribution < 1.29 is 0 Å². The maximum absolute atomic E-state index is 3.94. The highest BCUT2D eigenvalue weighted by molar-refractivity contribution is 6.73. The molecule has 3 heteroatoms. The third kappa shape index (κ3) is 6.23. The van der Waals surface area contributed by atoms with E-state index in [1.54, 1.807) is 0 Å². The van der Waals surface area contributed by atoms with Gasteiger partial charge in [0.1, 0.15) is 0 Å². The third-order valence-corrected chi connectivity index (χ3v) is 12.4. The summed E-state index contributed by atoms with van der Waals surface area (Å²) in [5.41, 5.74) is 20.4. The second-order valence-electron chi connectivity index (χ2n) is 16.5. The lowest BCUT2D eigenvalue weighted by Crippen LogP contribution is -2.45. The molecule has 2 aliphatic heterocycles. The summed E-state index contributed by atoms with van der Waals surface area (Å²) in [6, 6.07) is 63.1. The molecule has 10 rings (SSSR count). The van der Waals surface area contributed by atoms with Gasteiger partial charge in [-0.25, -0.2) is 0 Å². The smallest absolute Gasteiger partial charge is 0.198 e. The van der Waals surface area contributed by atoms with Crippen molar-refractivity contribution in [3.8, 4) is 33.4 Å². The van der Waals surface area contributed by atoms with Gasteiger partial charge in [0.15, 0.2) is 7.28 Å². The molecule has 0 amide bonds. The van der Waals surface area contributed by atoms with Gasteiger partial charge >= 0.3 is 0 Å². The molecule has 0 fully saturated rings. The van der Waals surface area contributed by atoms with Crippen molar-refractivity contribution >= 4 is 57.4 Å². The Balaban J connectivity index is 1.18. The van der Waals surface area contributed by atoms with Crippen LogP contribution in [0, 0.1) is 0 Å². The minimum absolute atomic E-state index is 0.138. The molecule has 276 valence electrons. The Morgan fingerprint density at radius 2 is 1.21 bits per heavy atom. The average molecular weight is 735 g/mol. The van der Waals surface area contributed by atoms with E-state index in [-0.39, 0.29) is 5.41 Å². The zero-order valence-corrected chi connectivity index (χ0v) is 33.1. The van der Waals surface area contributed by atoms with Crippen LogP contribution in [-0.2, 0) is 11.8 Å². The first-order chi connectivity index (χ1) is 28.0. The van der Waals surface area contributed by atoms with Crippen molar-refractivity contribution in [1.82, 2.24) is 0 Å². The van der Waals surface area contributed by atoms with E-state index >= 15 is 0 Å². The lowest BCUT2D eigenvalue weighted by atomic mass is 9.55. The second kappa shape index (κ2) is 14.3. The summed E-state index contributed by atoms with van der Waals surface area (Å²) in [4.78, 5) is 2.64. The van der Waals surface area contributed by atoms with Gasteiger partial charge in [-0.1, -0.05) is 173 Å². The lowest BCUT2D eigenvalue weighted by molar-refractivity contribution is 0.633. The quantitative estimate of drug-likeness (QED) is 0.117. The molecular weight excluding hydrogens is 687 g/mol. The first-order valence-electron chi connectivity index (χ1n) is 20.7. The van der Waals surface area contributed by atoms with Gasteiger partial charge in [0, 0.05) is 33.7 Å². The van der Waals surface area contributed by atoms with Crippen molar-refractivity contribution in [3.05, 3.63) is 187 Å². The number of rotatable bonds is 9. The van der Waals surface area contributed by atoms with Gasteiger partial charge in [0.05, 0.1) is 5.69 Å². The summed E-state index contributed by atoms with van der Waals surface area (Å²) in [7, 11) is 0.879. The number of nitrogens with one attached hydrogen (secondary N) is 1. The summed E-state index contributed by atoms with van der Waals surface area (Å²) in [6.45, 7) is 7.12. The van der Waals surface area contributed by atoms with Crippen LogP contribution in [0.25, 0.3) is 44.2 Å². The van der Waals surface area contributed by atoms with Crippen molar-refractivity contribution in [1.29, 1.82) is 0 Å². The number of para-hydroxylation sites is 1. The molecule has 2 nitrogen and oxygen atoms in total. The number of aryl methyl sites for hydroxylation is 1. The molecule has 0 aliphatic carbocycles. The van der Waals surface area contributed by atoms with Crippen LogP contribution in [0.5, 0.6) is 0 Å². The van der Waals surface area contributed by atoms with E-state index in [0.29, 0.717) is 0 Å². The largest absolute Gasteiger partial charge is 0.355 e. The molecule has 1 N–H and O–H groups in total. The highest BCUT2D eigenvalue weighted by Crippen LogP contribution is 2.53. The Morgan fingerprint density at radius 1 is 0.544 bits per heavy atom. The monoisotopic (exact) mass is 734 g/mol. The van der Waals surface area contributed by atoms with Gasteiger partial charge in [-0.15, -0.1) is 0 Å². The van der Waals surface area contributed by atoms with Crippen molar-refractivity contribution in [3.63, 3.8) is 0 Å². The highest BCUT2D eigenvalue weighted by atomic mass is 15.2. The molecule has 8 aromatic carbocycles. The maximum Gasteiger partial charge on any atom is 0.198 e. The van der Waals surface area contributed by atoms with Gasteiger partial charge in [-0.2, -0.15) is 0 Å². The zero-order chi connectivity index (χ0) is 38.5. The van der Waals surface area contributed by atoms with Crippen LogP contribution in [0.2, 0.25) is 0 Å². The minimum Gasteiger partial charge on any atom is -0.355 e. The van der Waals surface area contributed by atoms with Crippen LogP contribution in [0.4, 0.5) is 28.4 Å². The molecule has 0 saturated carbocycles. The topological polar surface area (TPSA) is 15.3 Å². The van der Waals surface area contributed by atoms with E-state index in [4.69, 9.17) is 0 Å². The van der Waals surface area contributed by atoms with Crippen LogP contribution in [0.1, 0.15) is 56.7 Å². The van der Waals surface area contributed by atoms with Gasteiger partial charge in [-0.05, 0) is 110 Å². The van der Waals surface area contributed by atoms with Crippen molar-refractivity contribution in [2.45, 2.75) is 51.9 Å². The fraction of sp³-hybridized carbons (Fsp3) is 0.148. The molecule has 0 atom stereocenters. The number of hydrogen-bond acceptors (Lipinski definition) is 2. The van der Waals surface area contributed by atoms with Gasteiger partial charge in [0.25, 0.3) is 0 Å². The van der Waals surface area contributed by atoms with Gasteiger partial charge in [-0.3, -0.25) is 0 Å². The number of benzene rings is 8. The molecule has 0 bridgehead atoms. The molecule has 2 aliphatic rings. The van der Waals surface area contributed by atoms with E-state index in [2.05, 4.69) is 201 Å². The van der Waals surface area contributed by atoms with Crippen LogP contribution >= 0.6 is 0 Å². The number of hydrogen-bond donors (Lipinski definition) is 1. The first-order valence-corrected chi connectivity index (χ1v) is 20.7. The highest BCUT2D eigenvalue weighted by Gasteiger charge is 2.41. The van der Waals surface area contributed by atoms with E-state index in [1.165, 1.54) is 108 Å². The number of nitrogens with zero attached hydrogens (tertiary/aromatic N) is 1. The van der Waals surface area contributed by atoms with Gasteiger partial charge < -0.3 is 10.2 Å². The molecule has 8 aromatic rings. The number of fused-ring (bicyclic) bond motifs is 5. The molecule has 0 unspecified atom stereocenters. The van der Waals surface area contributed by atoms with Crippen LogP contribution in [0.15, 0.2) is 170 Å². The van der Waals surface area contributed by atoms with Crippen molar-refractivity contribution in [2.75, 3.05) is 10.2 Å². The second-order valence-corrected chi connectivity index (χ2v) is 16.5. The molecule has 57 heavy (non-hydrogen) atoms. The number of anilines is 5. The minimum atomic E-state index is -0.138. The summed E-state index contributed by atoms with van der Waals surface area (Å²) in [6.07, 6.45) is 4.66. The first kappa shape index (κ1) is 35.1. The van der Waals surface area contributed by atoms with Crippen LogP contribution < -0.4 is 21.1 Å². The molecule has 2 heterocycles. The van der Waals surface area contributed by atoms with E-state index in [9.17, 15) is 0 Å². The third-order valence-electron chi connectivity index (χ3n) is 12.4. The Kier molecular flexibility index (Phi) is 8.82. The number of unbranched alkanes of at least 4 members (excludes halogenated alkanes) is 2. The molecule has 0 saturated heterocycles. The van der Waals surface area contributed by atoms with Crippen molar-refractivity contribution in [2.24, 2.45) is 0 Å². The Hall–Kier alpha value is -6.32. The normalized spacial score (nSPS) is 13.4. The van der Waals surface area contributed by atoms with E-state index < -0.39 is 0 Å². The zero-order valence-electron chi connectivity index (χ0n) is 33.1. The predicted octanol–water partition coefficient (Wildman–Crippen LogP) is 13.1. The summed E-state index contributed by atoms with van der Waals surface area (Å²) >= 11 is 0. The summed E-state index contributed by atoms with van der Waals surface area (Å²) in [5, 5.41) is 6.51. The molecule has 0 aromatic heterocycles. The Labute approximate surface area is 338 Å². The van der Waals surface area contributed by atoms with E-state index in [1.807, 2.05) is 0 Å². The molecule has 0 radical (unpaired) electrons. The maximum atomic E-state index is 3.94. The average Bonchev–Trinajstić information content (AvgIpc) is 3.25. The van der Waals surface area contributed by atoms with E-state index in [0.717, 1.165) is 25.1 Å². The lowest BCUT2D eigenvalue weighted by Gasteiger charge is -2.46. The fourth-order valence-corrected chi connectivity index (χ4v) is 9.41.